The van der Waals surface area contributed by atoms with Gasteiger partial charge < -0.3 is 10.0 Å². The Hall–Kier alpha value is -1.86. The summed E-state index contributed by atoms with van der Waals surface area (Å²) in [6.07, 6.45) is 3.26. The van der Waals surface area contributed by atoms with E-state index in [2.05, 4.69) is 15.0 Å². The van der Waals surface area contributed by atoms with Gasteiger partial charge in [0.25, 0.3) is 5.91 Å². The molecule has 1 aliphatic rings. The first-order chi connectivity index (χ1) is 11.0. The fraction of sp³-hybridized carbons (Fsp3) is 0.200. The molecule has 1 aliphatic carbocycles. The number of hydrogen-bond acceptors (Lipinski definition) is 4. The molecule has 3 rings (SSSR count). The molecule has 0 aliphatic heterocycles. The van der Waals surface area contributed by atoms with Gasteiger partial charge in [-0.25, -0.2) is 13.8 Å². The molecular formula is C15H12ClF2N3OS. The fourth-order valence-corrected chi connectivity index (χ4v) is 2.72. The molecular weight excluding hydrogens is 344 g/mol. The third-order valence-electron chi connectivity index (χ3n) is 3.13. The first-order valence-corrected chi connectivity index (χ1v) is 8.12. The number of pyridine rings is 1. The van der Waals surface area contributed by atoms with Gasteiger partial charge in [0, 0.05) is 10.9 Å². The maximum absolute atomic E-state index is 13.8. The van der Waals surface area contributed by atoms with E-state index in [4.69, 9.17) is 11.6 Å². The molecule has 0 radical (unpaired) electrons. The minimum Gasteiger partial charge on any atom is -0.322 e. The van der Waals surface area contributed by atoms with Crippen LogP contribution in [-0.4, -0.2) is 16.1 Å². The number of nitrogens with zero attached hydrogens (tertiary/aromatic N) is 1. The van der Waals surface area contributed by atoms with E-state index in [1.165, 1.54) is 30.1 Å². The summed E-state index contributed by atoms with van der Waals surface area (Å²) in [5.74, 6) is -1.58. The summed E-state index contributed by atoms with van der Waals surface area (Å²) in [7, 11) is 0. The van der Waals surface area contributed by atoms with Crippen molar-refractivity contribution in [2.24, 2.45) is 0 Å². The van der Waals surface area contributed by atoms with E-state index >= 15 is 0 Å². The van der Waals surface area contributed by atoms with Gasteiger partial charge >= 0.3 is 0 Å². The van der Waals surface area contributed by atoms with Crippen LogP contribution in [0.15, 0.2) is 30.5 Å². The third kappa shape index (κ3) is 4.11. The lowest BCUT2D eigenvalue weighted by Gasteiger charge is -2.09. The second-order valence-electron chi connectivity index (χ2n) is 5.05. The average Bonchev–Trinajstić information content (AvgIpc) is 3.34. The Morgan fingerprint density at radius 3 is 2.74 bits per heavy atom. The first kappa shape index (κ1) is 16.0. The second kappa shape index (κ2) is 6.72. The predicted molar refractivity (Wildman–Crippen MR) is 87.8 cm³/mol. The number of carbonyl (C=O) groups excluding carboxylic acids is 1. The van der Waals surface area contributed by atoms with Gasteiger partial charge in [0.2, 0.25) is 0 Å². The van der Waals surface area contributed by atoms with E-state index in [0.717, 1.165) is 25.1 Å². The minimum atomic E-state index is -0.738. The number of carbonyl (C=O) groups is 1. The summed E-state index contributed by atoms with van der Waals surface area (Å²) < 4.78 is 29.9. The zero-order chi connectivity index (χ0) is 16.4. The van der Waals surface area contributed by atoms with Crippen molar-refractivity contribution < 1.29 is 13.6 Å². The van der Waals surface area contributed by atoms with Crippen LogP contribution < -0.4 is 10.0 Å². The van der Waals surface area contributed by atoms with Crippen molar-refractivity contribution in [3.63, 3.8) is 0 Å². The van der Waals surface area contributed by atoms with Crippen molar-refractivity contribution in [2.75, 3.05) is 10.0 Å². The molecule has 8 heteroatoms. The first-order valence-electron chi connectivity index (χ1n) is 6.86. The monoisotopic (exact) mass is 355 g/mol. The Labute approximate surface area is 140 Å². The van der Waals surface area contributed by atoms with Crippen molar-refractivity contribution in [2.45, 2.75) is 18.1 Å². The smallest absolute Gasteiger partial charge is 0.258 e. The van der Waals surface area contributed by atoms with Gasteiger partial charge in [-0.15, -0.1) is 0 Å². The van der Waals surface area contributed by atoms with Crippen LogP contribution in [0.4, 0.5) is 20.3 Å². The second-order valence-corrected chi connectivity index (χ2v) is 6.57. The highest BCUT2D eigenvalue weighted by atomic mass is 35.5. The van der Waals surface area contributed by atoms with E-state index in [1.807, 2.05) is 0 Å². The molecule has 0 bridgehead atoms. The maximum Gasteiger partial charge on any atom is 0.258 e. The normalized spacial score (nSPS) is 13.7. The highest BCUT2D eigenvalue weighted by Crippen LogP contribution is 2.34. The summed E-state index contributed by atoms with van der Waals surface area (Å²) in [4.78, 5) is 16.1. The molecule has 0 saturated heterocycles. The van der Waals surface area contributed by atoms with E-state index in [0.29, 0.717) is 11.1 Å². The number of anilines is 2. The summed E-state index contributed by atoms with van der Waals surface area (Å²) >= 11 is 7.16. The van der Waals surface area contributed by atoms with Crippen LogP contribution in [-0.2, 0) is 0 Å². The van der Waals surface area contributed by atoms with Gasteiger partial charge in [-0.3, -0.25) is 4.79 Å². The van der Waals surface area contributed by atoms with Gasteiger partial charge in [0.15, 0.2) is 5.82 Å². The molecule has 1 saturated carbocycles. The number of rotatable bonds is 5. The molecule has 2 aromatic rings. The SMILES string of the molecule is O=C(Nc1ccc(F)c(Cl)c1)c1cc(NSC2CC2)ncc1F. The van der Waals surface area contributed by atoms with Gasteiger partial charge in [-0.05, 0) is 49.1 Å². The highest BCUT2D eigenvalue weighted by Gasteiger charge is 2.22. The quantitative estimate of drug-likeness (QED) is 0.776. The average molecular weight is 356 g/mol. The lowest BCUT2D eigenvalue weighted by atomic mass is 10.2. The van der Waals surface area contributed by atoms with Crippen LogP contribution in [0.5, 0.6) is 0 Å². The van der Waals surface area contributed by atoms with Gasteiger partial charge in [-0.2, -0.15) is 0 Å². The Balaban J connectivity index is 1.74. The molecule has 4 nitrogen and oxygen atoms in total. The van der Waals surface area contributed by atoms with Crippen molar-refractivity contribution in [3.8, 4) is 0 Å². The standard InChI is InChI=1S/C15H12ClF2N3OS/c16-11-5-8(1-4-12(11)17)20-15(22)10-6-14(19-7-13(10)18)21-23-9-2-3-9/h1,4-7,9H,2-3H2,(H,19,21)(H,20,22). The number of amides is 1. The fourth-order valence-electron chi connectivity index (χ4n) is 1.77. The summed E-state index contributed by atoms with van der Waals surface area (Å²) in [5.41, 5.74) is 0.124. The van der Waals surface area contributed by atoms with Crippen LogP contribution >= 0.6 is 23.5 Å². The minimum absolute atomic E-state index is 0.124. The molecule has 0 spiro atoms. The summed E-state index contributed by atoms with van der Waals surface area (Å²) in [5, 5.41) is 2.90. The topological polar surface area (TPSA) is 54.0 Å². The predicted octanol–water partition coefficient (Wildman–Crippen LogP) is 4.49. The largest absolute Gasteiger partial charge is 0.322 e. The van der Waals surface area contributed by atoms with Crippen LogP contribution in [0.2, 0.25) is 5.02 Å². The van der Waals surface area contributed by atoms with Crippen LogP contribution in [0, 0.1) is 11.6 Å². The number of nitrogens with one attached hydrogen (secondary N) is 2. The van der Waals surface area contributed by atoms with Gasteiger partial charge in [0.05, 0.1) is 16.8 Å². The lowest BCUT2D eigenvalue weighted by molar-refractivity contribution is 0.102. The zero-order valence-corrected chi connectivity index (χ0v) is 13.3. The van der Waals surface area contributed by atoms with Crippen molar-refractivity contribution in [3.05, 3.63) is 52.7 Å². The van der Waals surface area contributed by atoms with E-state index < -0.39 is 17.5 Å². The Morgan fingerprint density at radius 2 is 2.04 bits per heavy atom. The maximum atomic E-state index is 13.8. The molecule has 120 valence electrons. The van der Waals surface area contributed by atoms with E-state index in [9.17, 15) is 13.6 Å². The van der Waals surface area contributed by atoms with Gasteiger partial charge in [-0.1, -0.05) is 11.6 Å². The summed E-state index contributed by atoms with van der Waals surface area (Å²) in [6.45, 7) is 0. The number of aromatic nitrogens is 1. The van der Waals surface area contributed by atoms with Crippen molar-refractivity contribution in [1.29, 1.82) is 0 Å². The van der Waals surface area contributed by atoms with E-state index in [1.54, 1.807) is 0 Å². The van der Waals surface area contributed by atoms with Crippen LogP contribution in [0.3, 0.4) is 0 Å². The molecule has 1 amide bonds. The van der Waals surface area contributed by atoms with Crippen molar-refractivity contribution >= 4 is 41.0 Å². The molecule has 1 aromatic carbocycles. The Morgan fingerprint density at radius 1 is 1.26 bits per heavy atom. The summed E-state index contributed by atoms with van der Waals surface area (Å²) in [6, 6.07) is 5.07. The highest BCUT2D eigenvalue weighted by molar-refractivity contribution is 8.01. The van der Waals surface area contributed by atoms with Crippen LogP contribution in [0.1, 0.15) is 23.2 Å². The van der Waals surface area contributed by atoms with E-state index in [-0.39, 0.29) is 16.3 Å². The third-order valence-corrected chi connectivity index (χ3v) is 4.55. The van der Waals surface area contributed by atoms with Gasteiger partial charge in [0.1, 0.15) is 11.6 Å². The molecule has 2 N–H and O–H groups in total. The molecule has 1 aromatic heterocycles. The number of halogens is 3. The lowest BCUT2D eigenvalue weighted by Crippen LogP contribution is -2.14. The molecule has 1 heterocycles. The number of hydrogen-bond donors (Lipinski definition) is 2. The zero-order valence-electron chi connectivity index (χ0n) is 11.8. The molecule has 0 atom stereocenters. The van der Waals surface area contributed by atoms with Crippen molar-refractivity contribution in [1.82, 2.24) is 4.98 Å². The molecule has 23 heavy (non-hydrogen) atoms. The Bertz CT molecular complexity index is 755. The molecule has 0 unspecified atom stereocenters. The Kier molecular flexibility index (Phi) is 4.68. The van der Waals surface area contributed by atoms with Crippen LogP contribution in [0.25, 0.3) is 0 Å². The molecule has 1 fully saturated rings. The number of benzene rings is 1.